The number of likely N-dealkylation sites (tertiary alicyclic amines) is 1. The number of rotatable bonds is 8. The largest absolute Gasteiger partial charge is 0.497 e. The second-order valence-corrected chi connectivity index (χ2v) is 10.5. The topological polar surface area (TPSA) is 55.7 Å². The first-order valence-electron chi connectivity index (χ1n) is 14.1. The Morgan fingerprint density at radius 3 is 2.08 bits per heavy atom. The third-order valence-electron chi connectivity index (χ3n) is 8.12. The van der Waals surface area contributed by atoms with Gasteiger partial charge in [0, 0.05) is 19.6 Å². The predicted molar refractivity (Wildman–Crippen MR) is 159 cm³/mol. The van der Waals surface area contributed by atoms with Crippen LogP contribution in [0.5, 0.6) is 11.5 Å². The average Bonchev–Trinajstić information content (AvgIpc) is 3.38. The van der Waals surface area contributed by atoms with Crippen molar-refractivity contribution < 1.29 is 9.47 Å². The number of piperidine rings is 1. The molecule has 0 radical (unpaired) electrons. The van der Waals surface area contributed by atoms with Gasteiger partial charge in [0.2, 0.25) is 0 Å². The molecule has 0 N–H and O–H groups in total. The Hall–Kier alpha value is -4.10. The van der Waals surface area contributed by atoms with E-state index < -0.39 is 0 Å². The van der Waals surface area contributed by atoms with E-state index in [-0.39, 0.29) is 0 Å². The minimum absolute atomic E-state index is 0.801. The van der Waals surface area contributed by atoms with Crippen LogP contribution >= 0.6 is 0 Å². The molecule has 7 heteroatoms. The highest BCUT2D eigenvalue weighted by atomic mass is 16.5. The second kappa shape index (κ2) is 11.6. The quantitative estimate of drug-likeness (QED) is 0.280. The zero-order valence-electron chi connectivity index (χ0n) is 23.6. The van der Waals surface area contributed by atoms with Crippen LogP contribution in [0.4, 0.5) is 5.69 Å². The molecule has 1 saturated heterocycles. The normalized spacial score (nSPS) is 15.0. The molecule has 1 aromatic heterocycles. The van der Waals surface area contributed by atoms with Crippen molar-refractivity contribution in [2.75, 3.05) is 45.3 Å². The number of aryl methyl sites for hydroxylation is 1. The van der Waals surface area contributed by atoms with Gasteiger partial charge in [-0.1, -0.05) is 42.0 Å². The maximum atomic E-state index is 5.56. The molecule has 206 valence electrons. The van der Waals surface area contributed by atoms with Crippen molar-refractivity contribution in [1.29, 1.82) is 0 Å². The molecule has 2 aliphatic rings. The molecule has 1 fully saturated rings. The van der Waals surface area contributed by atoms with Crippen LogP contribution in [-0.4, -0.2) is 60.1 Å². The van der Waals surface area contributed by atoms with Gasteiger partial charge in [0.25, 0.3) is 0 Å². The molecule has 3 aromatic carbocycles. The van der Waals surface area contributed by atoms with Crippen LogP contribution in [0, 0.1) is 6.92 Å². The molecule has 6 rings (SSSR count). The molecule has 7 nitrogen and oxygen atoms in total. The molecular formula is C33H37N5O2. The maximum Gasteiger partial charge on any atom is 0.157 e. The van der Waals surface area contributed by atoms with Crippen LogP contribution in [0.1, 0.15) is 42.0 Å². The minimum Gasteiger partial charge on any atom is -0.497 e. The van der Waals surface area contributed by atoms with Crippen molar-refractivity contribution in [2.24, 2.45) is 0 Å². The molecule has 0 unspecified atom stereocenters. The summed E-state index contributed by atoms with van der Waals surface area (Å²) in [5.41, 5.74) is 7.65. The molecule has 0 aliphatic carbocycles. The highest BCUT2D eigenvalue weighted by molar-refractivity contribution is 5.83. The van der Waals surface area contributed by atoms with Gasteiger partial charge in [-0.05, 0) is 85.8 Å². The van der Waals surface area contributed by atoms with E-state index in [1.54, 1.807) is 14.2 Å². The number of hydrogen-bond donors (Lipinski definition) is 0. The van der Waals surface area contributed by atoms with Crippen molar-refractivity contribution >= 4 is 11.3 Å². The first-order chi connectivity index (χ1) is 19.6. The van der Waals surface area contributed by atoms with Gasteiger partial charge in [-0.3, -0.25) is 4.57 Å². The van der Waals surface area contributed by atoms with Crippen molar-refractivity contribution in [3.63, 3.8) is 0 Å². The summed E-state index contributed by atoms with van der Waals surface area (Å²) in [6.45, 7) is 7.05. The summed E-state index contributed by atoms with van der Waals surface area (Å²) < 4.78 is 13.3. The van der Waals surface area contributed by atoms with Crippen molar-refractivity contribution in [2.45, 2.75) is 32.7 Å². The summed E-state index contributed by atoms with van der Waals surface area (Å²) in [4.78, 5) is 5.07. The van der Waals surface area contributed by atoms with Gasteiger partial charge in [0.15, 0.2) is 5.82 Å². The van der Waals surface area contributed by atoms with Crippen LogP contribution < -0.4 is 14.4 Å². The SMILES string of the molecule is COc1cccc(C(=C2CCN(CCCN3Cc4nnc(C)n4-c4ccccc43)CC2)c2cccc(OC)c2)c1. The highest BCUT2D eigenvalue weighted by Crippen LogP contribution is 2.36. The Kier molecular flexibility index (Phi) is 7.55. The third kappa shape index (κ3) is 5.21. The number of fused-ring (bicyclic) bond motifs is 3. The Bertz CT molecular complexity index is 1470. The molecule has 3 heterocycles. The molecule has 2 aliphatic heterocycles. The summed E-state index contributed by atoms with van der Waals surface area (Å²) in [6.07, 6.45) is 3.22. The van der Waals surface area contributed by atoms with Gasteiger partial charge in [0.1, 0.15) is 17.3 Å². The van der Waals surface area contributed by atoms with Crippen LogP contribution in [0.25, 0.3) is 11.3 Å². The molecule has 40 heavy (non-hydrogen) atoms. The fraction of sp³-hybridized carbons (Fsp3) is 0.333. The van der Waals surface area contributed by atoms with Crippen molar-refractivity contribution in [3.05, 3.63) is 101 Å². The van der Waals surface area contributed by atoms with Crippen molar-refractivity contribution in [3.8, 4) is 17.2 Å². The molecule has 0 amide bonds. The van der Waals surface area contributed by atoms with E-state index in [1.165, 1.54) is 33.6 Å². The average molecular weight is 536 g/mol. The number of ether oxygens (including phenoxy) is 2. The van der Waals surface area contributed by atoms with E-state index in [2.05, 4.69) is 85.2 Å². The second-order valence-electron chi connectivity index (χ2n) is 10.5. The monoisotopic (exact) mass is 535 g/mol. The van der Waals surface area contributed by atoms with Gasteiger partial charge in [0.05, 0.1) is 32.1 Å². The summed E-state index contributed by atoms with van der Waals surface area (Å²) in [5.74, 6) is 3.72. The van der Waals surface area contributed by atoms with E-state index in [0.29, 0.717) is 0 Å². The molecule has 0 bridgehead atoms. The Morgan fingerprint density at radius 2 is 1.43 bits per heavy atom. The van der Waals surface area contributed by atoms with Crippen molar-refractivity contribution in [1.82, 2.24) is 19.7 Å². The van der Waals surface area contributed by atoms with Gasteiger partial charge in [-0.15, -0.1) is 10.2 Å². The molecule has 0 spiro atoms. The van der Waals surface area contributed by atoms with Crippen LogP contribution in [-0.2, 0) is 6.54 Å². The molecule has 0 atom stereocenters. The fourth-order valence-electron chi connectivity index (χ4n) is 6.11. The van der Waals surface area contributed by atoms with E-state index in [9.17, 15) is 0 Å². The minimum atomic E-state index is 0.801. The number of hydrogen-bond acceptors (Lipinski definition) is 6. The standard InChI is InChI=1S/C33H37N5O2/c1-24-34-35-32-23-37(30-13-4-5-14-31(30)38(24)32)18-8-17-36-19-15-25(16-20-36)33(26-9-6-11-28(21-26)39-2)27-10-7-12-29(22-27)40-3/h4-7,9-14,21-22H,8,15-20,23H2,1-3H3. The zero-order chi connectivity index (χ0) is 27.5. The van der Waals surface area contributed by atoms with E-state index in [1.807, 2.05) is 19.1 Å². The first kappa shape index (κ1) is 26.1. The third-order valence-corrected chi connectivity index (χ3v) is 8.12. The van der Waals surface area contributed by atoms with E-state index >= 15 is 0 Å². The number of anilines is 1. The Morgan fingerprint density at radius 1 is 0.775 bits per heavy atom. The summed E-state index contributed by atoms with van der Waals surface area (Å²) >= 11 is 0. The lowest BCUT2D eigenvalue weighted by molar-refractivity contribution is 0.254. The number of aromatic nitrogens is 3. The summed E-state index contributed by atoms with van der Waals surface area (Å²) in [7, 11) is 3.45. The fourth-order valence-corrected chi connectivity index (χ4v) is 6.11. The number of benzene rings is 3. The van der Waals surface area contributed by atoms with E-state index in [0.717, 1.165) is 75.1 Å². The van der Waals surface area contributed by atoms with Gasteiger partial charge in [-0.25, -0.2) is 0 Å². The predicted octanol–water partition coefficient (Wildman–Crippen LogP) is 5.90. The number of nitrogens with zero attached hydrogens (tertiary/aromatic N) is 5. The van der Waals surface area contributed by atoms with Gasteiger partial charge >= 0.3 is 0 Å². The smallest absolute Gasteiger partial charge is 0.157 e. The lowest BCUT2D eigenvalue weighted by Crippen LogP contribution is -2.35. The van der Waals surface area contributed by atoms with E-state index in [4.69, 9.17) is 9.47 Å². The Balaban J connectivity index is 1.14. The van der Waals surface area contributed by atoms with Crippen LogP contribution in [0.15, 0.2) is 78.4 Å². The molecule has 4 aromatic rings. The summed E-state index contributed by atoms with van der Waals surface area (Å²) in [5, 5.41) is 8.77. The number of methoxy groups -OCH3 is 2. The van der Waals surface area contributed by atoms with Crippen LogP contribution in [0.3, 0.4) is 0 Å². The zero-order valence-corrected chi connectivity index (χ0v) is 23.6. The summed E-state index contributed by atoms with van der Waals surface area (Å²) in [6, 6.07) is 25.4. The van der Waals surface area contributed by atoms with Gasteiger partial charge in [-0.2, -0.15) is 0 Å². The molecule has 0 saturated carbocycles. The first-order valence-corrected chi connectivity index (χ1v) is 14.1. The lowest BCUT2D eigenvalue weighted by Gasteiger charge is -2.33. The Labute approximate surface area is 236 Å². The highest BCUT2D eigenvalue weighted by Gasteiger charge is 2.25. The van der Waals surface area contributed by atoms with Gasteiger partial charge < -0.3 is 19.3 Å². The van der Waals surface area contributed by atoms with Crippen LogP contribution in [0.2, 0.25) is 0 Å². The molecular weight excluding hydrogens is 498 g/mol. The maximum absolute atomic E-state index is 5.56. The number of para-hydroxylation sites is 2. The lowest BCUT2D eigenvalue weighted by atomic mass is 9.88.